The third-order valence-corrected chi connectivity index (χ3v) is 6.19. The number of methoxy groups -OCH3 is 1. The fourth-order valence-electron chi connectivity index (χ4n) is 2.19. The van der Waals surface area contributed by atoms with Crippen LogP contribution in [0.25, 0.3) is 10.4 Å². The van der Waals surface area contributed by atoms with Crippen molar-refractivity contribution < 1.29 is 9.53 Å². The van der Waals surface area contributed by atoms with Crippen LogP contribution in [-0.4, -0.2) is 34.1 Å². The third kappa shape index (κ3) is 5.15. The molecule has 2 atom stereocenters. The fraction of sp³-hybridized carbons (Fsp3) is 0.235. The Balaban J connectivity index is 2.34. The average molecular weight is 374 g/mol. The predicted octanol–water partition coefficient (Wildman–Crippen LogP) is 3.00. The van der Waals surface area contributed by atoms with Crippen LogP contribution in [0.4, 0.5) is 0 Å². The molecule has 0 aliphatic rings. The Morgan fingerprint density at radius 3 is 2.35 bits per heavy atom. The molecule has 2 unspecified atom stereocenters. The topological polar surface area (TPSA) is 75.1 Å². The molecule has 2 aromatic carbocycles. The van der Waals surface area contributed by atoms with Gasteiger partial charge in [-0.1, -0.05) is 0 Å². The molecule has 2 aromatic rings. The first-order valence-corrected chi connectivity index (χ1v) is 8.97. The first-order valence-electron chi connectivity index (χ1n) is 7.12. The van der Waals surface area contributed by atoms with Gasteiger partial charge in [0.25, 0.3) is 0 Å². The summed E-state index contributed by atoms with van der Waals surface area (Å²) in [6.07, 6.45) is 0.0781. The second kappa shape index (κ2) is 9.01. The molecule has 0 saturated heterocycles. The van der Waals surface area contributed by atoms with Gasteiger partial charge in [-0.05, 0) is 0 Å². The van der Waals surface area contributed by atoms with Crippen LogP contribution in [0.2, 0.25) is 0 Å². The van der Waals surface area contributed by atoms with Gasteiger partial charge in [0.05, 0.1) is 0 Å². The van der Waals surface area contributed by atoms with E-state index < -0.39 is 6.04 Å². The SMILES string of the molecule is COC(=O)CC(N=[N+]=[N-])C([Se]c1ccccc1)c1ccccc1. The second-order valence-electron chi connectivity index (χ2n) is 4.81. The van der Waals surface area contributed by atoms with Crippen molar-refractivity contribution in [1.29, 1.82) is 0 Å². The molecule has 0 bridgehead atoms. The van der Waals surface area contributed by atoms with Crippen molar-refractivity contribution in [2.75, 3.05) is 7.11 Å². The quantitative estimate of drug-likeness (QED) is 0.246. The van der Waals surface area contributed by atoms with Crippen LogP contribution in [0.5, 0.6) is 0 Å². The molecular weight excluding hydrogens is 357 g/mol. The van der Waals surface area contributed by atoms with E-state index in [1.165, 1.54) is 11.6 Å². The van der Waals surface area contributed by atoms with Crippen LogP contribution in [0.15, 0.2) is 65.8 Å². The van der Waals surface area contributed by atoms with Gasteiger partial charge in [-0.25, -0.2) is 0 Å². The number of esters is 1. The van der Waals surface area contributed by atoms with Crippen molar-refractivity contribution in [1.82, 2.24) is 0 Å². The molecule has 0 spiro atoms. The van der Waals surface area contributed by atoms with Crippen molar-refractivity contribution >= 4 is 25.4 Å². The fourth-order valence-corrected chi connectivity index (χ4v) is 4.72. The van der Waals surface area contributed by atoms with Gasteiger partial charge < -0.3 is 0 Å². The van der Waals surface area contributed by atoms with Gasteiger partial charge in [-0.3, -0.25) is 0 Å². The van der Waals surface area contributed by atoms with Crippen LogP contribution in [0, 0.1) is 0 Å². The number of hydrogen-bond acceptors (Lipinski definition) is 3. The molecule has 0 heterocycles. The molecule has 0 aromatic heterocycles. The summed E-state index contributed by atoms with van der Waals surface area (Å²) in [5, 5.41) is 3.88. The number of nitrogens with zero attached hydrogens (tertiary/aromatic N) is 3. The monoisotopic (exact) mass is 375 g/mol. The van der Waals surface area contributed by atoms with Crippen molar-refractivity contribution in [3.8, 4) is 0 Å². The summed E-state index contributed by atoms with van der Waals surface area (Å²) in [7, 11) is 1.34. The maximum absolute atomic E-state index is 11.7. The van der Waals surface area contributed by atoms with E-state index in [0.29, 0.717) is 0 Å². The summed E-state index contributed by atoms with van der Waals surface area (Å²) < 4.78 is 5.94. The molecule has 5 nitrogen and oxygen atoms in total. The maximum atomic E-state index is 11.7. The molecule has 0 amide bonds. The summed E-state index contributed by atoms with van der Waals surface area (Å²) in [6, 6.07) is 19.5. The second-order valence-corrected chi connectivity index (χ2v) is 7.36. The molecule has 23 heavy (non-hydrogen) atoms. The van der Waals surface area contributed by atoms with Gasteiger partial charge >= 0.3 is 141 Å². The number of azide groups is 1. The standard InChI is InChI=1S/C17H17N3O2Se/c1-22-16(21)12-15(19-20-18)17(13-8-4-2-5-9-13)23-14-10-6-3-7-11-14/h2-11,15,17H,12H2,1H3. The molecule has 2 rings (SSSR count). The van der Waals surface area contributed by atoms with Gasteiger partial charge in [-0.15, -0.1) is 0 Å². The van der Waals surface area contributed by atoms with Crippen molar-refractivity contribution in [2.24, 2.45) is 5.11 Å². The van der Waals surface area contributed by atoms with E-state index in [0.717, 1.165) is 5.56 Å². The van der Waals surface area contributed by atoms with E-state index in [1.807, 2.05) is 48.5 Å². The number of hydrogen-bond donors (Lipinski definition) is 0. The predicted molar refractivity (Wildman–Crippen MR) is 90.6 cm³/mol. The Bertz CT molecular complexity index is 673. The Kier molecular flexibility index (Phi) is 6.70. The average Bonchev–Trinajstić information content (AvgIpc) is 2.61. The molecule has 6 heteroatoms. The zero-order valence-corrected chi connectivity index (χ0v) is 14.4. The summed E-state index contributed by atoms with van der Waals surface area (Å²) in [6.45, 7) is 0. The van der Waals surface area contributed by atoms with Gasteiger partial charge in [0.2, 0.25) is 0 Å². The van der Waals surface area contributed by atoms with Crippen LogP contribution >= 0.6 is 0 Å². The van der Waals surface area contributed by atoms with Crippen LogP contribution in [-0.2, 0) is 9.53 Å². The van der Waals surface area contributed by atoms with Gasteiger partial charge in [-0.2, -0.15) is 0 Å². The molecule has 0 radical (unpaired) electrons. The van der Waals surface area contributed by atoms with Crippen LogP contribution < -0.4 is 4.46 Å². The summed E-state index contributed by atoms with van der Waals surface area (Å²) in [4.78, 5) is 14.6. The number of carbonyl (C=O) groups excluding carboxylic acids is 1. The minimum absolute atomic E-state index is 0.0233. The zero-order chi connectivity index (χ0) is 16.5. The van der Waals surface area contributed by atoms with E-state index in [-0.39, 0.29) is 32.2 Å². The summed E-state index contributed by atoms with van der Waals surface area (Å²) >= 11 is 0.0233. The normalized spacial score (nSPS) is 12.7. The van der Waals surface area contributed by atoms with E-state index in [2.05, 4.69) is 22.2 Å². The number of benzene rings is 2. The molecule has 118 valence electrons. The van der Waals surface area contributed by atoms with Crippen molar-refractivity contribution in [3.63, 3.8) is 0 Å². The molecule has 0 N–H and O–H groups in total. The summed E-state index contributed by atoms with van der Waals surface area (Å²) in [5.74, 6) is -0.368. The van der Waals surface area contributed by atoms with Gasteiger partial charge in [0.1, 0.15) is 0 Å². The number of ether oxygens (including phenoxy) is 1. The molecular formula is C17H17N3O2Se. The summed E-state index contributed by atoms with van der Waals surface area (Å²) in [5.41, 5.74) is 9.96. The van der Waals surface area contributed by atoms with Gasteiger partial charge in [0.15, 0.2) is 0 Å². The first-order chi connectivity index (χ1) is 11.2. The number of carbonyl (C=O) groups is 1. The molecule has 0 saturated carbocycles. The number of rotatable bonds is 7. The van der Waals surface area contributed by atoms with Crippen molar-refractivity contribution in [3.05, 3.63) is 76.7 Å². The molecule has 0 fully saturated rings. The van der Waals surface area contributed by atoms with Crippen LogP contribution in [0.1, 0.15) is 16.8 Å². The first kappa shape index (κ1) is 17.1. The molecule has 0 aliphatic heterocycles. The van der Waals surface area contributed by atoms with E-state index >= 15 is 0 Å². The Labute approximate surface area is 141 Å². The minimum atomic E-state index is -0.463. The Morgan fingerprint density at radius 2 is 1.78 bits per heavy atom. The van der Waals surface area contributed by atoms with Crippen LogP contribution in [0.3, 0.4) is 0 Å². The Hall–Kier alpha value is -2.26. The third-order valence-electron chi connectivity index (χ3n) is 3.29. The Morgan fingerprint density at radius 1 is 1.17 bits per heavy atom. The molecule has 0 aliphatic carbocycles. The van der Waals surface area contributed by atoms with E-state index in [4.69, 9.17) is 10.3 Å². The van der Waals surface area contributed by atoms with Crippen molar-refractivity contribution in [2.45, 2.75) is 17.3 Å². The van der Waals surface area contributed by atoms with Gasteiger partial charge in [0, 0.05) is 0 Å². The zero-order valence-electron chi connectivity index (χ0n) is 12.7. The van der Waals surface area contributed by atoms with E-state index in [9.17, 15) is 4.79 Å². The van der Waals surface area contributed by atoms with E-state index in [1.54, 1.807) is 0 Å².